The number of esters is 1. The number of hydrogen-bond acceptors (Lipinski definition) is 4. The van der Waals surface area contributed by atoms with E-state index in [-0.39, 0.29) is 5.91 Å². The quantitative estimate of drug-likeness (QED) is 0.850. The second-order valence-electron chi connectivity index (χ2n) is 5.86. The van der Waals surface area contributed by atoms with Crippen molar-refractivity contribution in [3.63, 3.8) is 0 Å². The summed E-state index contributed by atoms with van der Waals surface area (Å²) < 4.78 is 5.24. The second-order valence-corrected chi connectivity index (χ2v) is 6.73. The first-order valence-corrected chi connectivity index (χ1v) is 8.24. The van der Waals surface area contributed by atoms with Crippen LogP contribution in [0.5, 0.6) is 0 Å². The monoisotopic (exact) mass is 309 g/mol. The maximum absolute atomic E-state index is 12.2. The summed E-state index contributed by atoms with van der Waals surface area (Å²) in [5, 5.41) is 2.67. The lowest BCUT2D eigenvalue weighted by atomic mass is 10.1. The molecule has 0 saturated carbocycles. The third kappa shape index (κ3) is 6.21. The Kier molecular flexibility index (Phi) is 6.27. The third-order valence-corrected chi connectivity index (χ3v) is 3.23. The molecule has 5 heteroatoms. The lowest BCUT2D eigenvalue weighted by Gasteiger charge is -2.22. The van der Waals surface area contributed by atoms with Crippen molar-refractivity contribution in [2.75, 3.05) is 6.26 Å². The third-order valence-electron chi connectivity index (χ3n) is 2.61. The lowest BCUT2D eigenvalue weighted by Crippen LogP contribution is -2.42. The van der Waals surface area contributed by atoms with Crippen LogP contribution >= 0.6 is 11.8 Å². The highest BCUT2D eigenvalue weighted by atomic mass is 32.2. The van der Waals surface area contributed by atoms with E-state index in [1.165, 1.54) is 0 Å². The predicted octanol–water partition coefficient (Wildman–Crippen LogP) is 3.01. The van der Waals surface area contributed by atoms with Crippen molar-refractivity contribution in [1.82, 2.24) is 5.32 Å². The van der Waals surface area contributed by atoms with Crippen LogP contribution in [-0.2, 0) is 15.3 Å². The number of nitrogens with one attached hydrogen (secondary N) is 1. The number of hydrogen-bond donors (Lipinski definition) is 1. The first-order valence-electron chi connectivity index (χ1n) is 6.84. The van der Waals surface area contributed by atoms with Crippen LogP contribution in [0.2, 0.25) is 0 Å². The van der Waals surface area contributed by atoms with Crippen molar-refractivity contribution in [3.8, 4) is 0 Å². The van der Waals surface area contributed by atoms with Gasteiger partial charge in [0.05, 0.1) is 0 Å². The molecule has 1 amide bonds. The summed E-state index contributed by atoms with van der Waals surface area (Å²) in [6, 6.07) is 6.72. The van der Waals surface area contributed by atoms with Crippen molar-refractivity contribution in [2.45, 2.75) is 45.1 Å². The van der Waals surface area contributed by atoms with E-state index in [1.54, 1.807) is 45.5 Å². The molecule has 116 valence electrons. The minimum atomic E-state index is -0.680. The van der Waals surface area contributed by atoms with E-state index in [0.717, 1.165) is 11.3 Å². The predicted molar refractivity (Wildman–Crippen MR) is 86.4 cm³/mol. The fraction of sp³-hybridized carbons (Fsp3) is 0.500. The maximum Gasteiger partial charge on any atom is 0.328 e. The molecule has 21 heavy (non-hydrogen) atoms. The molecular weight excluding hydrogens is 286 g/mol. The van der Waals surface area contributed by atoms with Crippen molar-refractivity contribution < 1.29 is 14.3 Å². The van der Waals surface area contributed by atoms with Crippen LogP contribution in [0.15, 0.2) is 24.3 Å². The van der Waals surface area contributed by atoms with Crippen LogP contribution in [-0.4, -0.2) is 29.8 Å². The summed E-state index contributed by atoms with van der Waals surface area (Å²) in [6.07, 6.45) is 2.01. The number of benzene rings is 1. The molecule has 1 N–H and O–H groups in total. The average molecular weight is 309 g/mol. The van der Waals surface area contributed by atoms with Gasteiger partial charge in [0.2, 0.25) is 0 Å². The van der Waals surface area contributed by atoms with Gasteiger partial charge in [-0.15, -0.1) is 0 Å². The fourth-order valence-corrected chi connectivity index (χ4v) is 2.21. The highest BCUT2D eigenvalue weighted by molar-refractivity contribution is 7.97. The zero-order valence-corrected chi connectivity index (χ0v) is 14.0. The molecule has 1 aromatic carbocycles. The molecule has 0 unspecified atom stereocenters. The van der Waals surface area contributed by atoms with E-state index in [9.17, 15) is 9.59 Å². The van der Waals surface area contributed by atoms with Crippen molar-refractivity contribution in [3.05, 3.63) is 35.4 Å². The minimum Gasteiger partial charge on any atom is -0.458 e. The normalized spacial score (nSPS) is 12.6. The Balaban J connectivity index is 2.68. The fourth-order valence-electron chi connectivity index (χ4n) is 1.70. The summed E-state index contributed by atoms with van der Waals surface area (Å²) in [5.41, 5.74) is 1.07. The highest BCUT2D eigenvalue weighted by Gasteiger charge is 2.23. The molecule has 1 rings (SSSR count). The maximum atomic E-state index is 12.2. The lowest BCUT2D eigenvalue weighted by molar-refractivity contribution is -0.156. The minimum absolute atomic E-state index is 0.267. The van der Waals surface area contributed by atoms with Gasteiger partial charge in [-0.25, -0.2) is 4.79 Å². The van der Waals surface area contributed by atoms with Gasteiger partial charge in [0.25, 0.3) is 5.91 Å². The van der Waals surface area contributed by atoms with Gasteiger partial charge in [0, 0.05) is 11.3 Å². The van der Waals surface area contributed by atoms with Crippen LogP contribution in [0.25, 0.3) is 0 Å². The van der Waals surface area contributed by atoms with Crippen LogP contribution in [0.4, 0.5) is 0 Å². The summed E-state index contributed by atoms with van der Waals surface area (Å²) in [7, 11) is 0. The van der Waals surface area contributed by atoms with Gasteiger partial charge in [-0.3, -0.25) is 4.79 Å². The number of carbonyl (C=O) groups excluding carboxylic acids is 2. The molecule has 1 atom stereocenters. The average Bonchev–Trinajstić information content (AvgIpc) is 2.37. The number of ether oxygens (including phenoxy) is 1. The molecule has 0 saturated heterocycles. The van der Waals surface area contributed by atoms with Crippen LogP contribution < -0.4 is 5.32 Å². The Morgan fingerprint density at radius 3 is 2.57 bits per heavy atom. The van der Waals surface area contributed by atoms with Crippen LogP contribution in [0, 0.1) is 0 Å². The Hall–Kier alpha value is -1.49. The van der Waals surface area contributed by atoms with Crippen LogP contribution in [0.3, 0.4) is 0 Å². The van der Waals surface area contributed by atoms with Gasteiger partial charge in [-0.05, 0) is 51.6 Å². The van der Waals surface area contributed by atoms with E-state index in [2.05, 4.69) is 5.32 Å². The number of rotatable bonds is 5. The summed E-state index contributed by atoms with van der Waals surface area (Å²) in [5.74, 6) is 0.148. The Bertz CT molecular complexity index is 508. The van der Waals surface area contributed by atoms with E-state index in [0.29, 0.717) is 5.56 Å². The van der Waals surface area contributed by atoms with E-state index in [4.69, 9.17) is 4.74 Å². The van der Waals surface area contributed by atoms with E-state index < -0.39 is 17.6 Å². The summed E-state index contributed by atoms with van der Waals surface area (Å²) in [4.78, 5) is 24.0. The van der Waals surface area contributed by atoms with Gasteiger partial charge in [0.1, 0.15) is 11.6 Å². The SMILES string of the molecule is CSCc1cccc(C(=O)N[C@@H](C)C(=O)OC(C)(C)C)c1. The van der Waals surface area contributed by atoms with Gasteiger partial charge < -0.3 is 10.1 Å². The Morgan fingerprint density at radius 2 is 2.00 bits per heavy atom. The number of thioether (sulfide) groups is 1. The molecule has 0 aliphatic heterocycles. The largest absolute Gasteiger partial charge is 0.458 e. The smallest absolute Gasteiger partial charge is 0.328 e. The van der Waals surface area contributed by atoms with Crippen molar-refractivity contribution in [2.24, 2.45) is 0 Å². The second kappa shape index (κ2) is 7.50. The first kappa shape index (κ1) is 17.6. The van der Waals surface area contributed by atoms with Gasteiger partial charge in [-0.2, -0.15) is 11.8 Å². The topological polar surface area (TPSA) is 55.4 Å². The molecule has 0 radical (unpaired) electrons. The number of carbonyl (C=O) groups is 2. The molecule has 0 spiro atoms. The molecular formula is C16H23NO3S. The Morgan fingerprint density at radius 1 is 1.33 bits per heavy atom. The zero-order chi connectivity index (χ0) is 16.0. The van der Waals surface area contributed by atoms with Crippen LogP contribution in [0.1, 0.15) is 43.6 Å². The van der Waals surface area contributed by atoms with Gasteiger partial charge >= 0.3 is 5.97 Å². The summed E-state index contributed by atoms with van der Waals surface area (Å²) >= 11 is 1.69. The Labute approximate surface area is 130 Å². The summed E-state index contributed by atoms with van der Waals surface area (Å²) in [6.45, 7) is 7.01. The molecule has 4 nitrogen and oxygen atoms in total. The first-order chi connectivity index (χ1) is 9.73. The molecule has 0 fully saturated rings. The number of amides is 1. The van der Waals surface area contributed by atoms with E-state index in [1.807, 2.05) is 24.5 Å². The molecule has 0 heterocycles. The van der Waals surface area contributed by atoms with Crippen molar-refractivity contribution in [1.29, 1.82) is 0 Å². The molecule has 0 aliphatic carbocycles. The zero-order valence-electron chi connectivity index (χ0n) is 13.2. The van der Waals surface area contributed by atoms with Gasteiger partial charge in [-0.1, -0.05) is 12.1 Å². The molecule has 0 aromatic heterocycles. The van der Waals surface area contributed by atoms with Crippen molar-refractivity contribution >= 4 is 23.6 Å². The molecule has 0 bridgehead atoms. The van der Waals surface area contributed by atoms with Gasteiger partial charge in [0.15, 0.2) is 0 Å². The molecule has 0 aliphatic rings. The van der Waals surface area contributed by atoms with E-state index >= 15 is 0 Å². The standard InChI is InChI=1S/C16H23NO3S/c1-11(15(19)20-16(2,3)4)17-14(18)13-8-6-7-12(9-13)10-21-5/h6-9,11H,10H2,1-5H3,(H,17,18)/t11-/m0/s1. The highest BCUT2D eigenvalue weighted by Crippen LogP contribution is 2.12. The molecule has 1 aromatic rings.